The minimum atomic E-state index is -4.91. The molecule has 22 heavy (non-hydrogen) atoms. The summed E-state index contributed by atoms with van der Waals surface area (Å²) in [4.78, 5) is 21.9. The molecule has 0 radical (unpaired) electrons. The Morgan fingerprint density at radius 1 is 1.32 bits per heavy atom. The van der Waals surface area contributed by atoms with Crippen LogP contribution in [0.1, 0.15) is 23.7 Å². The second-order valence-electron chi connectivity index (χ2n) is 4.23. The molecule has 0 saturated heterocycles. The Morgan fingerprint density at radius 3 is 2.45 bits per heavy atom. The predicted octanol–water partition coefficient (Wildman–Crippen LogP) is 1.81. The van der Waals surface area contributed by atoms with Crippen LogP contribution in [0.2, 0.25) is 0 Å². The van der Waals surface area contributed by atoms with Crippen molar-refractivity contribution in [2.24, 2.45) is 0 Å². The van der Waals surface area contributed by atoms with Gasteiger partial charge in [-0.15, -0.1) is 13.2 Å². The maximum atomic E-state index is 12.2. The van der Waals surface area contributed by atoms with Crippen LogP contribution in [-0.2, 0) is 20.7 Å². The van der Waals surface area contributed by atoms with E-state index in [0.29, 0.717) is 0 Å². The van der Waals surface area contributed by atoms with E-state index >= 15 is 0 Å². The number of aliphatic hydroxyl groups is 1. The minimum Gasteiger partial charge on any atom is -0.479 e. The minimum absolute atomic E-state index is 0.0436. The van der Waals surface area contributed by atoms with E-state index in [-0.39, 0.29) is 24.0 Å². The maximum absolute atomic E-state index is 12.2. The zero-order valence-corrected chi connectivity index (χ0v) is 11.4. The smallest absolute Gasteiger partial charge is 0.479 e. The van der Waals surface area contributed by atoms with Gasteiger partial charge in [-0.3, -0.25) is 4.79 Å². The number of carboxylic acids is 1. The van der Waals surface area contributed by atoms with E-state index in [2.05, 4.69) is 9.47 Å². The molecule has 0 heterocycles. The van der Waals surface area contributed by atoms with Crippen molar-refractivity contribution >= 4 is 11.9 Å². The summed E-state index contributed by atoms with van der Waals surface area (Å²) >= 11 is 0. The SMILES string of the molecule is COC(=O)CCc1cc(OC(F)(F)F)ccc1C(O)C(=O)O. The van der Waals surface area contributed by atoms with Crippen molar-refractivity contribution in [2.75, 3.05) is 7.11 Å². The number of aryl methyl sites for hydroxylation is 1. The Balaban J connectivity index is 3.10. The molecule has 0 aliphatic carbocycles. The predicted molar refractivity (Wildman–Crippen MR) is 66.1 cm³/mol. The number of benzene rings is 1. The highest BCUT2D eigenvalue weighted by Gasteiger charge is 2.31. The highest BCUT2D eigenvalue weighted by Crippen LogP contribution is 2.28. The molecule has 1 atom stereocenters. The Bertz CT molecular complexity index is 555. The van der Waals surface area contributed by atoms with Gasteiger partial charge < -0.3 is 19.7 Å². The van der Waals surface area contributed by atoms with E-state index in [4.69, 9.17) is 5.11 Å². The molecule has 1 aromatic carbocycles. The summed E-state index contributed by atoms with van der Waals surface area (Å²) in [6, 6.07) is 2.82. The molecule has 6 nitrogen and oxygen atoms in total. The summed E-state index contributed by atoms with van der Waals surface area (Å²) < 4.78 is 44.7. The number of carbonyl (C=O) groups excluding carboxylic acids is 1. The molecule has 0 amide bonds. The fourth-order valence-electron chi connectivity index (χ4n) is 1.73. The van der Waals surface area contributed by atoms with Gasteiger partial charge in [-0.25, -0.2) is 4.79 Å². The summed E-state index contributed by atoms with van der Waals surface area (Å²) in [6.07, 6.45) is -7.13. The Labute approximate surface area is 123 Å². The van der Waals surface area contributed by atoms with Gasteiger partial charge in [-0.05, 0) is 29.7 Å². The van der Waals surface area contributed by atoms with Crippen molar-refractivity contribution in [2.45, 2.75) is 25.3 Å². The third-order valence-electron chi connectivity index (χ3n) is 2.70. The highest BCUT2D eigenvalue weighted by atomic mass is 19.4. The lowest BCUT2D eigenvalue weighted by Gasteiger charge is -2.15. The molecule has 0 saturated carbocycles. The van der Waals surface area contributed by atoms with Crippen LogP contribution in [0, 0.1) is 0 Å². The average Bonchev–Trinajstić information content (AvgIpc) is 2.42. The molecule has 1 aromatic rings. The molecular formula is C13H13F3O6. The van der Waals surface area contributed by atoms with Crippen LogP contribution < -0.4 is 4.74 Å². The van der Waals surface area contributed by atoms with Crippen LogP contribution in [0.15, 0.2) is 18.2 Å². The number of aliphatic hydroxyl groups excluding tert-OH is 1. The van der Waals surface area contributed by atoms with E-state index in [1.807, 2.05) is 0 Å². The van der Waals surface area contributed by atoms with Gasteiger partial charge in [0.15, 0.2) is 6.10 Å². The average molecular weight is 322 g/mol. The zero-order chi connectivity index (χ0) is 16.9. The largest absolute Gasteiger partial charge is 0.573 e. The Kier molecular flexibility index (Phi) is 5.75. The number of hydrogen-bond donors (Lipinski definition) is 2. The molecular weight excluding hydrogens is 309 g/mol. The summed E-state index contributed by atoms with van der Waals surface area (Å²) in [6.45, 7) is 0. The first-order valence-electron chi connectivity index (χ1n) is 6.00. The first-order valence-corrected chi connectivity index (χ1v) is 6.00. The second kappa shape index (κ2) is 7.12. The molecule has 0 aromatic heterocycles. The summed E-state index contributed by atoms with van der Waals surface area (Å²) in [7, 11) is 1.14. The van der Waals surface area contributed by atoms with Gasteiger partial charge in [-0.1, -0.05) is 6.07 Å². The lowest BCUT2D eigenvalue weighted by Crippen LogP contribution is -2.18. The summed E-state index contributed by atoms with van der Waals surface area (Å²) in [5.74, 6) is -2.77. The van der Waals surface area contributed by atoms with Crippen LogP contribution >= 0.6 is 0 Å². The lowest BCUT2D eigenvalue weighted by atomic mass is 9.98. The number of ether oxygens (including phenoxy) is 2. The molecule has 0 spiro atoms. The first kappa shape index (κ1) is 17.8. The number of rotatable bonds is 6. The van der Waals surface area contributed by atoms with Gasteiger partial charge in [0.05, 0.1) is 7.11 Å². The van der Waals surface area contributed by atoms with Gasteiger partial charge in [0, 0.05) is 6.42 Å². The van der Waals surface area contributed by atoms with Gasteiger partial charge in [0.1, 0.15) is 5.75 Å². The topological polar surface area (TPSA) is 93.1 Å². The number of carbonyl (C=O) groups is 2. The maximum Gasteiger partial charge on any atom is 0.573 e. The zero-order valence-electron chi connectivity index (χ0n) is 11.4. The third-order valence-corrected chi connectivity index (χ3v) is 2.70. The van der Waals surface area contributed by atoms with Crippen LogP contribution in [0.25, 0.3) is 0 Å². The molecule has 1 rings (SSSR count). The molecule has 0 aliphatic rings. The number of methoxy groups -OCH3 is 1. The first-order chi connectivity index (χ1) is 10.1. The van der Waals surface area contributed by atoms with E-state index < -0.39 is 30.2 Å². The Hall–Kier alpha value is -2.29. The molecule has 122 valence electrons. The quantitative estimate of drug-likeness (QED) is 0.776. The number of alkyl halides is 3. The van der Waals surface area contributed by atoms with E-state index in [0.717, 1.165) is 25.3 Å². The van der Waals surface area contributed by atoms with Gasteiger partial charge in [0.25, 0.3) is 0 Å². The second-order valence-corrected chi connectivity index (χ2v) is 4.23. The van der Waals surface area contributed by atoms with Crippen LogP contribution in [0.3, 0.4) is 0 Å². The number of hydrogen-bond acceptors (Lipinski definition) is 5. The molecule has 2 N–H and O–H groups in total. The standard InChI is InChI=1S/C13H13F3O6/c1-21-10(17)5-2-7-6-8(22-13(14,15)16)3-4-9(7)11(18)12(19)20/h3-4,6,11,18H,2,5H2,1H3,(H,19,20). The van der Waals surface area contributed by atoms with E-state index in [1.165, 1.54) is 0 Å². The van der Waals surface area contributed by atoms with Crippen LogP contribution in [-0.4, -0.2) is 35.6 Å². The van der Waals surface area contributed by atoms with Gasteiger partial charge in [0.2, 0.25) is 0 Å². The number of esters is 1. The van der Waals surface area contributed by atoms with E-state index in [9.17, 15) is 27.9 Å². The summed E-state index contributed by atoms with van der Waals surface area (Å²) in [5.41, 5.74) is -0.0759. The number of halogens is 3. The van der Waals surface area contributed by atoms with Crippen molar-refractivity contribution in [1.82, 2.24) is 0 Å². The normalized spacial score (nSPS) is 12.6. The number of aliphatic carboxylic acids is 1. The lowest BCUT2D eigenvalue weighted by molar-refractivity contribution is -0.274. The summed E-state index contributed by atoms with van der Waals surface area (Å²) in [5, 5.41) is 18.3. The molecule has 9 heteroatoms. The van der Waals surface area contributed by atoms with Crippen LogP contribution in [0.5, 0.6) is 5.75 Å². The monoisotopic (exact) mass is 322 g/mol. The van der Waals surface area contributed by atoms with Gasteiger partial charge in [-0.2, -0.15) is 0 Å². The van der Waals surface area contributed by atoms with Crippen LogP contribution in [0.4, 0.5) is 13.2 Å². The van der Waals surface area contributed by atoms with Crippen molar-refractivity contribution in [1.29, 1.82) is 0 Å². The third kappa shape index (κ3) is 5.24. The Morgan fingerprint density at radius 2 is 1.95 bits per heavy atom. The van der Waals surface area contributed by atoms with E-state index in [1.54, 1.807) is 0 Å². The van der Waals surface area contributed by atoms with Crippen molar-refractivity contribution < 1.29 is 42.4 Å². The highest BCUT2D eigenvalue weighted by molar-refractivity contribution is 5.75. The molecule has 0 fully saturated rings. The fraction of sp³-hybridized carbons (Fsp3) is 0.385. The molecule has 0 bridgehead atoms. The van der Waals surface area contributed by atoms with Crippen molar-refractivity contribution in [3.05, 3.63) is 29.3 Å². The molecule has 0 aliphatic heterocycles. The molecule has 1 unspecified atom stereocenters. The fourth-order valence-corrected chi connectivity index (χ4v) is 1.73. The number of carboxylic acid groups (broad SMARTS) is 1. The van der Waals surface area contributed by atoms with Crippen molar-refractivity contribution in [3.8, 4) is 5.75 Å². The van der Waals surface area contributed by atoms with Crippen molar-refractivity contribution in [3.63, 3.8) is 0 Å². The van der Waals surface area contributed by atoms with Gasteiger partial charge >= 0.3 is 18.3 Å².